The first kappa shape index (κ1) is 18.9. The SMILES string of the molecule is CC1CCC2CC(C3CCC(c4cc(F)c(C#N)c(F)c4)CC3)CCC2C1. The summed E-state index contributed by atoms with van der Waals surface area (Å²) in [7, 11) is 0. The Labute approximate surface area is 162 Å². The van der Waals surface area contributed by atoms with Gasteiger partial charge in [-0.1, -0.05) is 13.3 Å². The second-order valence-corrected chi connectivity index (χ2v) is 9.59. The number of nitrogens with zero attached hydrogens (tertiary/aromatic N) is 1. The van der Waals surface area contributed by atoms with Crippen LogP contribution in [0.1, 0.15) is 88.2 Å². The molecule has 0 amide bonds. The van der Waals surface area contributed by atoms with E-state index in [0.717, 1.165) is 48.0 Å². The van der Waals surface area contributed by atoms with Gasteiger partial charge in [0.15, 0.2) is 0 Å². The average molecular weight is 372 g/mol. The zero-order valence-electron chi connectivity index (χ0n) is 16.4. The Kier molecular flexibility index (Phi) is 5.53. The van der Waals surface area contributed by atoms with Crippen LogP contribution in [-0.2, 0) is 0 Å². The Balaban J connectivity index is 1.35. The van der Waals surface area contributed by atoms with E-state index in [0.29, 0.717) is 0 Å². The largest absolute Gasteiger partial charge is 0.205 e. The van der Waals surface area contributed by atoms with Crippen LogP contribution in [0.3, 0.4) is 0 Å². The fourth-order valence-electron chi connectivity index (χ4n) is 6.45. The van der Waals surface area contributed by atoms with Gasteiger partial charge in [0.1, 0.15) is 23.3 Å². The van der Waals surface area contributed by atoms with Crippen LogP contribution in [-0.4, -0.2) is 0 Å². The molecule has 0 bridgehead atoms. The summed E-state index contributed by atoms with van der Waals surface area (Å²) in [6.07, 6.45) is 13.0. The Morgan fingerprint density at radius 3 is 1.93 bits per heavy atom. The lowest BCUT2D eigenvalue weighted by molar-refractivity contribution is 0.0672. The first-order chi connectivity index (χ1) is 13.0. The van der Waals surface area contributed by atoms with E-state index in [1.165, 1.54) is 63.5 Å². The lowest BCUT2D eigenvalue weighted by Crippen LogP contribution is -2.34. The summed E-state index contributed by atoms with van der Waals surface area (Å²) < 4.78 is 27.9. The number of rotatable bonds is 2. The maximum Gasteiger partial charge on any atom is 0.144 e. The minimum atomic E-state index is -0.709. The molecule has 0 N–H and O–H groups in total. The molecule has 0 radical (unpaired) electrons. The van der Waals surface area contributed by atoms with Crippen LogP contribution in [0.2, 0.25) is 0 Å². The first-order valence-corrected chi connectivity index (χ1v) is 10.9. The number of fused-ring (bicyclic) bond motifs is 1. The minimum Gasteiger partial charge on any atom is -0.205 e. The average Bonchev–Trinajstić information content (AvgIpc) is 2.67. The van der Waals surface area contributed by atoms with Crippen molar-refractivity contribution in [2.24, 2.45) is 29.6 Å². The van der Waals surface area contributed by atoms with Gasteiger partial charge in [-0.2, -0.15) is 5.26 Å². The monoisotopic (exact) mass is 371 g/mol. The third-order valence-corrected chi connectivity index (χ3v) is 8.00. The van der Waals surface area contributed by atoms with E-state index in [9.17, 15) is 8.78 Å². The number of hydrogen-bond acceptors (Lipinski definition) is 1. The summed E-state index contributed by atoms with van der Waals surface area (Å²) >= 11 is 0. The summed E-state index contributed by atoms with van der Waals surface area (Å²) in [5.74, 6) is 3.35. The van der Waals surface area contributed by atoms with E-state index in [1.807, 2.05) is 0 Å². The second kappa shape index (κ2) is 7.90. The van der Waals surface area contributed by atoms with Crippen molar-refractivity contribution in [3.8, 4) is 6.07 Å². The van der Waals surface area contributed by atoms with Crippen LogP contribution < -0.4 is 0 Å². The summed E-state index contributed by atoms with van der Waals surface area (Å²) in [6, 6.07) is 4.40. The molecule has 3 saturated carbocycles. The zero-order valence-corrected chi connectivity index (χ0v) is 16.4. The topological polar surface area (TPSA) is 23.8 Å². The van der Waals surface area contributed by atoms with Gasteiger partial charge in [0.05, 0.1) is 0 Å². The molecule has 3 aliphatic rings. The minimum absolute atomic E-state index is 0.241. The lowest BCUT2D eigenvalue weighted by Gasteiger charge is -2.45. The molecule has 1 nitrogen and oxygen atoms in total. The molecular formula is C24H31F2N. The molecule has 1 aromatic rings. The smallest absolute Gasteiger partial charge is 0.144 e. The summed E-state index contributed by atoms with van der Waals surface area (Å²) in [5, 5.41) is 8.85. The molecule has 4 atom stereocenters. The van der Waals surface area contributed by atoms with Crippen molar-refractivity contribution in [1.82, 2.24) is 0 Å². The van der Waals surface area contributed by atoms with Gasteiger partial charge in [0.25, 0.3) is 0 Å². The number of benzene rings is 1. The highest BCUT2D eigenvalue weighted by Crippen LogP contribution is 2.49. The summed E-state index contributed by atoms with van der Waals surface area (Å²) in [4.78, 5) is 0. The van der Waals surface area contributed by atoms with Crippen molar-refractivity contribution in [3.63, 3.8) is 0 Å². The van der Waals surface area contributed by atoms with E-state index in [2.05, 4.69) is 6.92 Å². The summed E-state index contributed by atoms with van der Waals surface area (Å²) in [5.41, 5.74) is 0.290. The maximum atomic E-state index is 14.0. The molecule has 1 aromatic carbocycles. The Bertz CT molecular complexity index is 691. The molecule has 0 aromatic heterocycles. The van der Waals surface area contributed by atoms with Crippen molar-refractivity contribution in [1.29, 1.82) is 5.26 Å². The van der Waals surface area contributed by atoms with Crippen molar-refractivity contribution in [2.45, 2.75) is 77.0 Å². The van der Waals surface area contributed by atoms with Crippen LogP contribution in [0.15, 0.2) is 12.1 Å². The first-order valence-electron chi connectivity index (χ1n) is 10.9. The number of nitriles is 1. The van der Waals surface area contributed by atoms with Gasteiger partial charge in [-0.3, -0.25) is 0 Å². The highest BCUT2D eigenvalue weighted by atomic mass is 19.1. The fraction of sp³-hybridized carbons (Fsp3) is 0.708. The fourth-order valence-corrected chi connectivity index (χ4v) is 6.45. The van der Waals surface area contributed by atoms with Gasteiger partial charge >= 0.3 is 0 Å². The Hall–Kier alpha value is -1.43. The standard InChI is InChI=1S/C24H31F2N/c1-15-2-3-20-11-19(9-8-18(20)10-15)16-4-6-17(7-5-16)21-12-23(25)22(14-27)24(26)13-21/h12-13,15-20H,2-11H2,1H3. The molecule has 0 saturated heterocycles. The molecule has 0 spiro atoms. The quantitative estimate of drug-likeness (QED) is 0.551. The van der Waals surface area contributed by atoms with Crippen LogP contribution in [0, 0.1) is 52.6 Å². The van der Waals surface area contributed by atoms with Crippen LogP contribution in [0.25, 0.3) is 0 Å². The van der Waals surface area contributed by atoms with E-state index >= 15 is 0 Å². The van der Waals surface area contributed by atoms with Crippen molar-refractivity contribution < 1.29 is 8.78 Å². The summed E-state index contributed by atoms with van der Waals surface area (Å²) in [6.45, 7) is 2.42. The molecular weight excluding hydrogens is 340 g/mol. The molecule has 4 unspecified atom stereocenters. The molecule has 3 aliphatic carbocycles. The molecule has 0 aliphatic heterocycles. The van der Waals surface area contributed by atoms with Gasteiger partial charge in [0, 0.05) is 0 Å². The number of hydrogen-bond donors (Lipinski definition) is 0. The lowest BCUT2D eigenvalue weighted by atomic mass is 9.61. The molecule has 0 heterocycles. The maximum absolute atomic E-state index is 14.0. The molecule has 146 valence electrons. The number of halogens is 2. The Morgan fingerprint density at radius 2 is 1.30 bits per heavy atom. The normalized spacial score (nSPS) is 36.7. The van der Waals surface area contributed by atoms with Gasteiger partial charge in [-0.05, 0) is 111 Å². The highest BCUT2D eigenvalue weighted by Gasteiger charge is 2.38. The van der Waals surface area contributed by atoms with Crippen LogP contribution in [0.5, 0.6) is 0 Å². The van der Waals surface area contributed by atoms with Crippen molar-refractivity contribution in [2.75, 3.05) is 0 Å². The Morgan fingerprint density at radius 1 is 0.778 bits per heavy atom. The predicted molar refractivity (Wildman–Crippen MR) is 103 cm³/mol. The van der Waals surface area contributed by atoms with Crippen LogP contribution in [0.4, 0.5) is 8.78 Å². The van der Waals surface area contributed by atoms with E-state index in [1.54, 1.807) is 6.07 Å². The van der Waals surface area contributed by atoms with E-state index in [4.69, 9.17) is 5.26 Å². The van der Waals surface area contributed by atoms with E-state index < -0.39 is 17.2 Å². The highest BCUT2D eigenvalue weighted by molar-refractivity contribution is 5.36. The van der Waals surface area contributed by atoms with Crippen molar-refractivity contribution >= 4 is 0 Å². The molecule has 27 heavy (non-hydrogen) atoms. The third-order valence-electron chi connectivity index (χ3n) is 8.00. The van der Waals surface area contributed by atoms with Gasteiger partial charge in [-0.15, -0.1) is 0 Å². The van der Waals surface area contributed by atoms with Gasteiger partial charge in [0.2, 0.25) is 0 Å². The third kappa shape index (κ3) is 3.91. The molecule has 4 rings (SSSR count). The zero-order chi connectivity index (χ0) is 19.0. The van der Waals surface area contributed by atoms with Gasteiger partial charge in [-0.25, -0.2) is 8.78 Å². The molecule has 3 fully saturated rings. The van der Waals surface area contributed by atoms with Crippen LogP contribution >= 0.6 is 0 Å². The van der Waals surface area contributed by atoms with E-state index in [-0.39, 0.29) is 5.92 Å². The molecule has 3 heteroatoms. The van der Waals surface area contributed by atoms with Gasteiger partial charge < -0.3 is 0 Å². The van der Waals surface area contributed by atoms with Crippen molar-refractivity contribution in [3.05, 3.63) is 34.9 Å². The second-order valence-electron chi connectivity index (χ2n) is 9.59. The predicted octanol–water partition coefficient (Wildman–Crippen LogP) is 6.96.